The van der Waals surface area contributed by atoms with Gasteiger partial charge in [-0.2, -0.15) is 5.10 Å². The van der Waals surface area contributed by atoms with Crippen LogP contribution in [0.25, 0.3) is 5.82 Å². The van der Waals surface area contributed by atoms with Gasteiger partial charge in [-0.25, -0.2) is 9.67 Å². The number of rotatable bonds is 3. The predicted molar refractivity (Wildman–Crippen MR) is 58.9 cm³/mol. The lowest BCUT2D eigenvalue weighted by atomic mass is 10.2. The van der Waals surface area contributed by atoms with Crippen LogP contribution in [0.1, 0.15) is 11.1 Å². The highest BCUT2D eigenvalue weighted by Gasteiger charge is 2.00. The molecule has 0 amide bonds. The number of aromatic nitrogens is 3. The molecule has 2 heterocycles. The Bertz CT molecular complexity index is 447. The van der Waals surface area contributed by atoms with E-state index in [1.54, 1.807) is 10.9 Å². The van der Waals surface area contributed by atoms with Gasteiger partial charge in [0.25, 0.3) is 0 Å². The van der Waals surface area contributed by atoms with Crippen LogP contribution in [-0.2, 0) is 6.54 Å². The molecule has 4 nitrogen and oxygen atoms in total. The average molecular weight is 202 g/mol. The molecule has 0 bridgehead atoms. The van der Waals surface area contributed by atoms with Gasteiger partial charge in [-0.15, -0.1) is 0 Å². The first-order valence-electron chi connectivity index (χ1n) is 4.91. The Balaban J connectivity index is 2.32. The van der Waals surface area contributed by atoms with E-state index in [2.05, 4.69) is 15.4 Å². The molecule has 0 fully saturated rings. The Morgan fingerprint density at radius 3 is 3.00 bits per heavy atom. The maximum atomic E-state index is 4.28. The van der Waals surface area contributed by atoms with Crippen molar-refractivity contribution in [3.63, 3.8) is 0 Å². The number of aryl methyl sites for hydroxylation is 1. The monoisotopic (exact) mass is 202 g/mol. The van der Waals surface area contributed by atoms with Crippen LogP contribution in [0.4, 0.5) is 0 Å². The third kappa shape index (κ3) is 2.22. The van der Waals surface area contributed by atoms with Crippen LogP contribution in [0.5, 0.6) is 0 Å². The summed E-state index contributed by atoms with van der Waals surface area (Å²) in [5.41, 5.74) is 2.34. The quantitative estimate of drug-likeness (QED) is 0.815. The van der Waals surface area contributed by atoms with E-state index in [1.807, 2.05) is 38.5 Å². The van der Waals surface area contributed by atoms with E-state index in [9.17, 15) is 0 Å². The summed E-state index contributed by atoms with van der Waals surface area (Å²) < 4.78 is 1.79. The van der Waals surface area contributed by atoms with Gasteiger partial charge in [-0.05, 0) is 37.2 Å². The first-order chi connectivity index (χ1) is 7.29. The summed E-state index contributed by atoms with van der Waals surface area (Å²) in [5.74, 6) is 0.857. The standard InChI is InChI=1S/C11H14N4/c1-9-6-14-15(8-9)11-5-10(7-12-2)3-4-13-11/h3-6,8,12H,7H2,1-2H3. The minimum atomic E-state index is 0.843. The van der Waals surface area contributed by atoms with Crippen LogP contribution >= 0.6 is 0 Å². The number of hydrogen-bond acceptors (Lipinski definition) is 3. The molecule has 0 saturated heterocycles. The number of pyridine rings is 1. The predicted octanol–water partition coefficient (Wildman–Crippen LogP) is 1.30. The molecular weight excluding hydrogens is 188 g/mol. The maximum absolute atomic E-state index is 4.28. The third-order valence-corrected chi connectivity index (χ3v) is 2.14. The Kier molecular flexibility index (Phi) is 2.78. The lowest BCUT2D eigenvalue weighted by molar-refractivity contribution is 0.801. The zero-order valence-corrected chi connectivity index (χ0v) is 8.94. The molecule has 0 spiro atoms. The average Bonchev–Trinajstić information content (AvgIpc) is 2.66. The van der Waals surface area contributed by atoms with E-state index in [0.717, 1.165) is 17.9 Å². The smallest absolute Gasteiger partial charge is 0.153 e. The van der Waals surface area contributed by atoms with Crippen LogP contribution in [0.15, 0.2) is 30.7 Å². The third-order valence-electron chi connectivity index (χ3n) is 2.14. The molecule has 0 aliphatic carbocycles. The normalized spacial score (nSPS) is 10.5. The fourth-order valence-corrected chi connectivity index (χ4v) is 1.44. The summed E-state index contributed by atoms with van der Waals surface area (Å²) in [6.45, 7) is 2.86. The minimum Gasteiger partial charge on any atom is -0.316 e. The van der Waals surface area contributed by atoms with Crippen molar-refractivity contribution in [1.82, 2.24) is 20.1 Å². The van der Waals surface area contributed by atoms with E-state index in [-0.39, 0.29) is 0 Å². The van der Waals surface area contributed by atoms with Crippen molar-refractivity contribution in [3.05, 3.63) is 41.9 Å². The largest absolute Gasteiger partial charge is 0.316 e. The van der Waals surface area contributed by atoms with Crippen molar-refractivity contribution in [1.29, 1.82) is 0 Å². The molecule has 0 radical (unpaired) electrons. The molecule has 0 unspecified atom stereocenters. The highest BCUT2D eigenvalue weighted by molar-refractivity contribution is 5.27. The van der Waals surface area contributed by atoms with E-state index in [1.165, 1.54) is 5.56 Å². The molecule has 0 aromatic carbocycles. The lowest BCUT2D eigenvalue weighted by Gasteiger charge is -2.03. The fraction of sp³-hybridized carbons (Fsp3) is 0.273. The van der Waals surface area contributed by atoms with Crippen LogP contribution < -0.4 is 5.32 Å². The van der Waals surface area contributed by atoms with Gasteiger partial charge in [0.2, 0.25) is 0 Å². The lowest BCUT2D eigenvalue weighted by Crippen LogP contribution is -2.06. The molecule has 0 aliphatic rings. The van der Waals surface area contributed by atoms with Gasteiger partial charge >= 0.3 is 0 Å². The molecular formula is C11H14N4. The molecule has 2 rings (SSSR count). The fourth-order valence-electron chi connectivity index (χ4n) is 1.44. The van der Waals surface area contributed by atoms with E-state index in [4.69, 9.17) is 0 Å². The first-order valence-corrected chi connectivity index (χ1v) is 4.91. The van der Waals surface area contributed by atoms with E-state index >= 15 is 0 Å². The topological polar surface area (TPSA) is 42.7 Å². The summed E-state index contributed by atoms with van der Waals surface area (Å²) >= 11 is 0. The van der Waals surface area contributed by atoms with Gasteiger partial charge in [0.05, 0.1) is 6.20 Å². The van der Waals surface area contributed by atoms with Crippen molar-refractivity contribution < 1.29 is 0 Å². The second-order valence-corrected chi connectivity index (χ2v) is 3.51. The second kappa shape index (κ2) is 4.23. The van der Waals surface area contributed by atoms with Gasteiger partial charge in [0.1, 0.15) is 0 Å². The van der Waals surface area contributed by atoms with Crippen molar-refractivity contribution in [3.8, 4) is 5.82 Å². The summed E-state index contributed by atoms with van der Waals surface area (Å²) in [4.78, 5) is 4.28. The van der Waals surface area contributed by atoms with Crippen LogP contribution in [-0.4, -0.2) is 21.8 Å². The molecule has 78 valence electrons. The van der Waals surface area contributed by atoms with Crippen LogP contribution in [0.2, 0.25) is 0 Å². The van der Waals surface area contributed by atoms with Gasteiger partial charge in [0.15, 0.2) is 5.82 Å². The highest BCUT2D eigenvalue weighted by atomic mass is 15.3. The van der Waals surface area contributed by atoms with Crippen molar-refractivity contribution >= 4 is 0 Å². The molecule has 0 aliphatic heterocycles. The Hall–Kier alpha value is -1.68. The Morgan fingerprint density at radius 2 is 2.33 bits per heavy atom. The van der Waals surface area contributed by atoms with Crippen LogP contribution in [0.3, 0.4) is 0 Å². The van der Waals surface area contributed by atoms with Crippen LogP contribution in [0, 0.1) is 6.92 Å². The summed E-state index contributed by atoms with van der Waals surface area (Å²) in [7, 11) is 1.93. The SMILES string of the molecule is CNCc1ccnc(-n2cc(C)cn2)c1. The van der Waals surface area contributed by atoms with Crippen molar-refractivity contribution in [2.75, 3.05) is 7.05 Å². The van der Waals surface area contributed by atoms with Gasteiger partial charge in [-0.1, -0.05) is 0 Å². The molecule has 0 saturated carbocycles. The van der Waals surface area contributed by atoms with Crippen molar-refractivity contribution in [2.45, 2.75) is 13.5 Å². The van der Waals surface area contributed by atoms with Gasteiger partial charge in [0, 0.05) is 18.9 Å². The minimum absolute atomic E-state index is 0.843. The molecule has 4 heteroatoms. The van der Waals surface area contributed by atoms with E-state index < -0.39 is 0 Å². The maximum Gasteiger partial charge on any atom is 0.153 e. The zero-order chi connectivity index (χ0) is 10.7. The Labute approximate surface area is 89.0 Å². The number of nitrogens with zero attached hydrogens (tertiary/aromatic N) is 3. The van der Waals surface area contributed by atoms with Gasteiger partial charge < -0.3 is 5.32 Å². The van der Waals surface area contributed by atoms with E-state index in [0.29, 0.717) is 0 Å². The number of nitrogens with one attached hydrogen (secondary N) is 1. The summed E-state index contributed by atoms with van der Waals surface area (Å²) in [5, 5.41) is 7.33. The first kappa shape index (κ1) is 9.86. The second-order valence-electron chi connectivity index (χ2n) is 3.51. The summed E-state index contributed by atoms with van der Waals surface area (Å²) in [6, 6.07) is 4.03. The molecule has 15 heavy (non-hydrogen) atoms. The van der Waals surface area contributed by atoms with Gasteiger partial charge in [-0.3, -0.25) is 0 Å². The highest BCUT2D eigenvalue weighted by Crippen LogP contribution is 2.07. The zero-order valence-electron chi connectivity index (χ0n) is 8.94. The molecule has 1 N–H and O–H groups in total. The number of hydrogen-bond donors (Lipinski definition) is 1. The molecule has 2 aromatic rings. The Morgan fingerprint density at radius 1 is 1.47 bits per heavy atom. The molecule has 0 atom stereocenters. The molecule has 2 aromatic heterocycles. The summed E-state index contributed by atoms with van der Waals surface area (Å²) in [6.07, 6.45) is 5.59. The van der Waals surface area contributed by atoms with Crippen molar-refractivity contribution in [2.24, 2.45) is 0 Å².